The fourth-order valence-electron chi connectivity index (χ4n) is 2.89. The molecule has 0 aliphatic rings. The van der Waals surface area contributed by atoms with Crippen LogP contribution >= 0.6 is 0 Å². The van der Waals surface area contributed by atoms with E-state index in [2.05, 4.69) is 27.6 Å². The second kappa shape index (κ2) is 24.0. The summed E-state index contributed by atoms with van der Waals surface area (Å²) in [6.45, 7) is 17.8. The van der Waals surface area contributed by atoms with Crippen LogP contribution in [0, 0.1) is 13.8 Å². The molecule has 0 aliphatic carbocycles. The molecule has 0 unspecified atom stereocenters. The average molecular weight is 608 g/mol. The molecule has 4 rings (SSSR count). The quantitative estimate of drug-likeness (QED) is 0.224. The average Bonchev–Trinajstić information content (AvgIpc) is 3.37. The monoisotopic (exact) mass is 607 g/mol. The van der Waals surface area contributed by atoms with Crippen molar-refractivity contribution in [2.24, 2.45) is 0 Å². The first-order valence-electron chi connectivity index (χ1n) is 13.1. The minimum absolute atomic E-state index is 0. The van der Waals surface area contributed by atoms with Crippen LogP contribution in [0.25, 0.3) is 5.69 Å². The number of carbonyl (C=O) groups is 1. The zero-order valence-corrected chi connectivity index (χ0v) is 27.6. The van der Waals surface area contributed by atoms with Gasteiger partial charge in [-0.15, -0.1) is 0 Å². The first kappa shape index (κ1) is 38.1. The van der Waals surface area contributed by atoms with Crippen molar-refractivity contribution < 1.29 is 42.2 Å². The summed E-state index contributed by atoms with van der Waals surface area (Å²) in [5.41, 5.74) is 3.46. The van der Waals surface area contributed by atoms with Crippen molar-refractivity contribution in [2.75, 3.05) is 17.7 Å². The Balaban J connectivity index is 0. The number of hydrogen-bond acceptors (Lipinski definition) is 4. The molecule has 2 aromatic carbocycles. The van der Waals surface area contributed by atoms with Crippen LogP contribution in [0.15, 0.2) is 85.2 Å². The van der Waals surface area contributed by atoms with Crippen molar-refractivity contribution in [3.63, 3.8) is 0 Å². The summed E-state index contributed by atoms with van der Waals surface area (Å²) in [6, 6.07) is 22.2. The Kier molecular flexibility index (Phi) is 23.5. The van der Waals surface area contributed by atoms with E-state index in [1.54, 1.807) is 48.5 Å². The van der Waals surface area contributed by atoms with E-state index in [4.69, 9.17) is 4.74 Å². The van der Waals surface area contributed by atoms with Gasteiger partial charge in [0.25, 0.3) is 0 Å². The number of amides is 2. The molecule has 0 atom stereocenters. The zero-order chi connectivity index (χ0) is 28.8. The normalized spacial score (nSPS) is 8.64. The predicted octanol–water partition coefficient (Wildman–Crippen LogP) is 8.37. The molecule has 39 heavy (non-hydrogen) atoms. The van der Waals surface area contributed by atoms with Gasteiger partial charge in [0.1, 0.15) is 11.6 Å². The summed E-state index contributed by atoms with van der Waals surface area (Å²) in [5, 5.41) is 10.1. The Morgan fingerprint density at radius 1 is 0.872 bits per heavy atom. The number of urea groups is 1. The molecule has 7 nitrogen and oxygen atoms in total. The van der Waals surface area contributed by atoms with Gasteiger partial charge in [0.05, 0.1) is 18.5 Å². The number of rotatable bonds is 5. The maximum atomic E-state index is 12.3. The predicted molar refractivity (Wildman–Crippen MR) is 161 cm³/mol. The maximum absolute atomic E-state index is 12.3. The Labute approximate surface area is 260 Å². The molecule has 2 N–H and O–H groups in total. The number of benzene rings is 2. The van der Waals surface area contributed by atoms with Gasteiger partial charge in [-0.3, -0.25) is 10.3 Å². The van der Waals surface area contributed by atoms with Gasteiger partial charge in [-0.1, -0.05) is 65.3 Å². The van der Waals surface area contributed by atoms with Crippen LogP contribution in [0.2, 0.25) is 0 Å². The number of aromatic nitrogens is 3. The van der Waals surface area contributed by atoms with Crippen LogP contribution in [0.3, 0.4) is 0 Å². The van der Waals surface area contributed by atoms with E-state index < -0.39 is 0 Å². The van der Waals surface area contributed by atoms with Crippen molar-refractivity contribution >= 4 is 17.5 Å². The fraction of sp³-hybridized carbons (Fsp3) is 0.290. The van der Waals surface area contributed by atoms with Crippen LogP contribution in [-0.4, -0.2) is 27.9 Å². The van der Waals surface area contributed by atoms with E-state index in [1.165, 1.54) is 0 Å². The molecule has 0 fully saturated rings. The summed E-state index contributed by atoms with van der Waals surface area (Å²) >= 11 is 0. The number of anilines is 2. The van der Waals surface area contributed by atoms with E-state index in [-0.39, 0.29) is 38.7 Å². The maximum Gasteiger partial charge on any atom is 0.324 e. The van der Waals surface area contributed by atoms with Gasteiger partial charge in [0.2, 0.25) is 0 Å². The van der Waals surface area contributed by atoms with Crippen LogP contribution in [0.5, 0.6) is 5.75 Å². The smallest absolute Gasteiger partial charge is 0.324 e. The number of pyridine rings is 1. The number of hydrogen-bond donors (Lipinski definition) is 2. The number of ether oxygens (including phenoxy) is 1. The summed E-state index contributed by atoms with van der Waals surface area (Å²) in [5.74, 6) is 1.32. The van der Waals surface area contributed by atoms with Gasteiger partial charge in [0, 0.05) is 56.9 Å². The Hall–Kier alpha value is -3.03. The number of carbonyl (C=O) groups excluding carboxylic acids is 1. The third kappa shape index (κ3) is 14.6. The van der Waals surface area contributed by atoms with E-state index in [9.17, 15) is 4.79 Å². The van der Waals surface area contributed by atoms with Gasteiger partial charge < -0.3 is 17.0 Å². The van der Waals surface area contributed by atoms with Crippen LogP contribution in [-0.2, 0) is 39.1 Å². The van der Waals surface area contributed by atoms with Gasteiger partial charge in [0.15, 0.2) is 0 Å². The summed E-state index contributed by atoms with van der Waals surface area (Å²) in [7, 11) is 1.60. The fourth-order valence-corrected chi connectivity index (χ4v) is 2.89. The Morgan fingerprint density at radius 2 is 1.49 bits per heavy atom. The number of methoxy groups -OCH3 is 1. The molecular weight excluding hydrogens is 563 g/mol. The SMILES string of the molecule is CC.CC.CC.[CH2-]Cc1cccc(-n2nc(C)cc2NC(=O)Nc2ccc(OC)cc2)c1.[Y].c1ccncc1. The molecule has 2 aromatic heterocycles. The van der Waals surface area contributed by atoms with Gasteiger partial charge in [-0.05, 0) is 55.5 Å². The van der Waals surface area contributed by atoms with E-state index >= 15 is 0 Å². The second-order valence-electron chi connectivity index (χ2n) is 6.83. The van der Waals surface area contributed by atoms with Gasteiger partial charge in [-0.2, -0.15) is 11.5 Å². The molecule has 4 aromatic rings. The molecule has 0 bridgehead atoms. The molecule has 0 aliphatic heterocycles. The van der Waals surface area contributed by atoms with Gasteiger partial charge in [-0.25, -0.2) is 9.48 Å². The minimum atomic E-state index is -0.343. The van der Waals surface area contributed by atoms with Crippen LogP contribution < -0.4 is 15.4 Å². The summed E-state index contributed by atoms with van der Waals surface area (Å²) in [4.78, 5) is 16.1. The molecule has 8 heteroatoms. The van der Waals surface area contributed by atoms with Crippen molar-refractivity contribution in [2.45, 2.75) is 54.9 Å². The Bertz CT molecular complexity index is 1110. The molecule has 1 radical (unpaired) electrons. The molecule has 209 valence electrons. The van der Waals surface area contributed by atoms with E-state index in [1.807, 2.05) is 97.0 Å². The summed E-state index contributed by atoms with van der Waals surface area (Å²) < 4.78 is 6.82. The minimum Gasteiger partial charge on any atom is -0.497 e. The zero-order valence-electron chi connectivity index (χ0n) is 24.7. The number of aryl methyl sites for hydroxylation is 1. The van der Waals surface area contributed by atoms with Crippen molar-refractivity contribution in [3.8, 4) is 11.4 Å². The first-order chi connectivity index (χ1) is 18.6. The third-order valence-corrected chi connectivity index (χ3v) is 4.43. The molecular formula is C31H44N5O2Y-. The second-order valence-corrected chi connectivity index (χ2v) is 6.83. The van der Waals surface area contributed by atoms with Crippen LogP contribution in [0.1, 0.15) is 52.8 Å². The van der Waals surface area contributed by atoms with Crippen molar-refractivity contribution in [1.29, 1.82) is 0 Å². The number of nitrogens with one attached hydrogen (secondary N) is 2. The van der Waals surface area contributed by atoms with Gasteiger partial charge >= 0.3 is 6.03 Å². The molecule has 0 saturated carbocycles. The standard InChI is InChI=1S/C20H21N4O2.C5H5N.3C2H6.Y/c1-4-15-6-5-7-17(13-15)24-19(12-14(2)23-24)22-20(25)21-16-8-10-18(26-3)11-9-16;1-2-4-6-5-3-1;3*1-2;/h5-13H,1,4H2,2-3H3,(H2,21,22,25);1-5H;3*1-2H3;/q-1;;;;;. The topological polar surface area (TPSA) is 81.1 Å². The molecule has 0 saturated heterocycles. The third-order valence-electron chi connectivity index (χ3n) is 4.43. The van der Waals surface area contributed by atoms with E-state index in [0.717, 1.165) is 22.7 Å². The van der Waals surface area contributed by atoms with E-state index in [0.29, 0.717) is 17.9 Å². The largest absolute Gasteiger partial charge is 0.497 e. The summed E-state index contributed by atoms with van der Waals surface area (Å²) in [6.07, 6.45) is 4.19. The molecule has 2 heterocycles. The van der Waals surface area contributed by atoms with Crippen LogP contribution in [0.4, 0.5) is 16.3 Å². The van der Waals surface area contributed by atoms with Crippen molar-refractivity contribution in [1.82, 2.24) is 14.8 Å². The first-order valence-corrected chi connectivity index (χ1v) is 13.1. The molecule has 2 amide bonds. The number of nitrogens with zero attached hydrogens (tertiary/aromatic N) is 3. The molecule has 0 spiro atoms. The Morgan fingerprint density at radius 3 is 1.97 bits per heavy atom. The van der Waals surface area contributed by atoms with Crippen molar-refractivity contribution in [3.05, 3.63) is 103 Å².